The summed E-state index contributed by atoms with van der Waals surface area (Å²) in [5.74, 6) is 5.96. The van der Waals surface area contributed by atoms with E-state index in [0.29, 0.717) is 0 Å². The minimum Gasteiger partial charge on any atom is -0.297 e. The molecule has 1 aromatic rings. The van der Waals surface area contributed by atoms with Gasteiger partial charge in [0.2, 0.25) is 0 Å². The van der Waals surface area contributed by atoms with Gasteiger partial charge in [0.05, 0.1) is 0 Å². The van der Waals surface area contributed by atoms with Crippen LogP contribution in [-0.4, -0.2) is 29.6 Å². The lowest BCUT2D eigenvalue weighted by Crippen LogP contribution is -2.63. The number of nitrogens with two attached hydrogens (primary N) is 1. The molecule has 4 heteroatoms. The summed E-state index contributed by atoms with van der Waals surface area (Å²) in [4.78, 5) is 2.55. The smallest absolute Gasteiger partial charge is 0.0435 e. The molecule has 0 aliphatic heterocycles. The Morgan fingerprint density at radius 1 is 1.14 bits per heavy atom. The van der Waals surface area contributed by atoms with E-state index in [1.165, 1.54) is 5.56 Å². The van der Waals surface area contributed by atoms with Crippen molar-refractivity contribution in [2.24, 2.45) is 5.84 Å². The van der Waals surface area contributed by atoms with Crippen LogP contribution in [0.4, 0.5) is 0 Å². The van der Waals surface area contributed by atoms with E-state index in [1.54, 1.807) is 0 Å². The lowest BCUT2D eigenvalue weighted by Gasteiger charge is -2.48. The molecule has 0 radical (unpaired) electrons. The van der Waals surface area contributed by atoms with E-state index in [0.717, 1.165) is 36.8 Å². The zero-order valence-corrected chi connectivity index (χ0v) is 15.4. The van der Waals surface area contributed by atoms with Crippen LogP contribution in [0.25, 0.3) is 0 Å². The second-order valence-electron chi connectivity index (χ2n) is 5.50. The molecule has 1 atom stereocenters. The van der Waals surface area contributed by atoms with Crippen LogP contribution >= 0.6 is 15.9 Å². The van der Waals surface area contributed by atoms with Crippen LogP contribution in [-0.2, 0) is 6.42 Å². The topological polar surface area (TPSA) is 41.3 Å². The van der Waals surface area contributed by atoms with Crippen molar-refractivity contribution in [2.75, 3.05) is 13.1 Å². The average molecular weight is 356 g/mol. The molecule has 1 aromatic carbocycles. The molecule has 21 heavy (non-hydrogen) atoms. The molecule has 0 amide bonds. The standard InChI is InChI=1S/C17H30BrN3/c1-5-17(6-2,21(7-3)8-4)16(20-19)13-14-11-9-10-12-15(14)18/h9-12,16,20H,5-8,13,19H2,1-4H3. The van der Waals surface area contributed by atoms with Gasteiger partial charge in [0.15, 0.2) is 0 Å². The van der Waals surface area contributed by atoms with E-state index < -0.39 is 0 Å². The van der Waals surface area contributed by atoms with E-state index in [2.05, 4.69) is 78.2 Å². The zero-order valence-electron chi connectivity index (χ0n) is 13.8. The van der Waals surface area contributed by atoms with E-state index >= 15 is 0 Å². The number of hydrazine groups is 1. The molecule has 0 aliphatic rings. The monoisotopic (exact) mass is 355 g/mol. The molecular formula is C17H30BrN3. The molecule has 120 valence electrons. The van der Waals surface area contributed by atoms with Gasteiger partial charge in [0.25, 0.3) is 0 Å². The number of likely N-dealkylation sites (N-methyl/N-ethyl adjacent to an activating group) is 1. The summed E-state index contributed by atoms with van der Waals surface area (Å²) >= 11 is 3.65. The van der Waals surface area contributed by atoms with E-state index in [9.17, 15) is 0 Å². The lowest BCUT2D eigenvalue weighted by molar-refractivity contribution is 0.0492. The fourth-order valence-corrected chi connectivity index (χ4v) is 4.00. The number of benzene rings is 1. The van der Waals surface area contributed by atoms with E-state index in [1.807, 2.05) is 0 Å². The molecule has 0 heterocycles. The molecule has 0 aliphatic carbocycles. The maximum absolute atomic E-state index is 5.96. The van der Waals surface area contributed by atoms with Crippen LogP contribution in [0.3, 0.4) is 0 Å². The summed E-state index contributed by atoms with van der Waals surface area (Å²) in [6.45, 7) is 11.1. The second kappa shape index (κ2) is 8.89. The first-order chi connectivity index (χ1) is 10.1. The normalized spacial score (nSPS) is 13.7. The molecule has 0 saturated carbocycles. The quantitative estimate of drug-likeness (QED) is 0.523. The van der Waals surface area contributed by atoms with Gasteiger partial charge in [-0.3, -0.25) is 16.2 Å². The Bertz CT molecular complexity index is 414. The van der Waals surface area contributed by atoms with Crippen LogP contribution < -0.4 is 11.3 Å². The Kier molecular flexibility index (Phi) is 7.88. The number of hydrogen-bond donors (Lipinski definition) is 2. The van der Waals surface area contributed by atoms with Crippen molar-refractivity contribution in [1.82, 2.24) is 10.3 Å². The third kappa shape index (κ3) is 4.07. The van der Waals surface area contributed by atoms with E-state index in [-0.39, 0.29) is 11.6 Å². The predicted molar refractivity (Wildman–Crippen MR) is 95.2 cm³/mol. The lowest BCUT2D eigenvalue weighted by atomic mass is 9.80. The van der Waals surface area contributed by atoms with Crippen molar-refractivity contribution in [3.8, 4) is 0 Å². The van der Waals surface area contributed by atoms with Crippen LogP contribution in [0.15, 0.2) is 28.7 Å². The first kappa shape index (κ1) is 18.6. The van der Waals surface area contributed by atoms with Gasteiger partial charge in [-0.05, 0) is 44.0 Å². The number of rotatable bonds is 9. The molecule has 3 nitrogen and oxygen atoms in total. The highest BCUT2D eigenvalue weighted by Crippen LogP contribution is 2.31. The average Bonchev–Trinajstić information content (AvgIpc) is 2.52. The van der Waals surface area contributed by atoms with Crippen molar-refractivity contribution in [1.29, 1.82) is 0 Å². The van der Waals surface area contributed by atoms with Gasteiger partial charge in [-0.2, -0.15) is 0 Å². The third-order valence-electron chi connectivity index (χ3n) is 4.85. The van der Waals surface area contributed by atoms with Crippen LogP contribution in [0.1, 0.15) is 46.1 Å². The SMILES string of the molecule is CCN(CC)C(CC)(CC)C(Cc1ccccc1Br)NN. The fourth-order valence-electron chi connectivity index (χ4n) is 3.55. The second-order valence-corrected chi connectivity index (χ2v) is 6.35. The Labute approximate surface area is 138 Å². The Hall–Kier alpha value is -0.420. The van der Waals surface area contributed by atoms with Gasteiger partial charge in [-0.25, -0.2) is 0 Å². The highest BCUT2D eigenvalue weighted by atomic mass is 79.9. The van der Waals surface area contributed by atoms with Gasteiger partial charge in [0.1, 0.15) is 0 Å². The minimum atomic E-state index is 0.0908. The van der Waals surface area contributed by atoms with Gasteiger partial charge in [-0.1, -0.05) is 61.8 Å². The first-order valence-electron chi connectivity index (χ1n) is 8.04. The molecule has 3 N–H and O–H groups in total. The van der Waals surface area contributed by atoms with Crippen molar-refractivity contribution >= 4 is 15.9 Å². The predicted octanol–water partition coefficient (Wildman–Crippen LogP) is 3.72. The molecular weight excluding hydrogens is 326 g/mol. The molecule has 0 aromatic heterocycles. The highest BCUT2D eigenvalue weighted by molar-refractivity contribution is 9.10. The number of nitrogens with zero attached hydrogens (tertiary/aromatic N) is 1. The summed E-state index contributed by atoms with van der Waals surface area (Å²) < 4.78 is 1.16. The van der Waals surface area contributed by atoms with Gasteiger partial charge < -0.3 is 0 Å². The molecule has 0 bridgehead atoms. The van der Waals surface area contributed by atoms with Crippen LogP contribution in [0, 0.1) is 0 Å². The largest absolute Gasteiger partial charge is 0.297 e. The molecule has 0 fully saturated rings. The Morgan fingerprint density at radius 2 is 1.71 bits per heavy atom. The van der Waals surface area contributed by atoms with Gasteiger partial charge in [0, 0.05) is 16.1 Å². The van der Waals surface area contributed by atoms with Crippen molar-refractivity contribution in [2.45, 2.75) is 58.5 Å². The molecule has 0 spiro atoms. The van der Waals surface area contributed by atoms with Crippen LogP contribution in [0.5, 0.6) is 0 Å². The maximum atomic E-state index is 5.96. The van der Waals surface area contributed by atoms with Gasteiger partial charge >= 0.3 is 0 Å². The van der Waals surface area contributed by atoms with Crippen LogP contribution in [0.2, 0.25) is 0 Å². The zero-order chi connectivity index (χ0) is 15.9. The number of nitrogens with one attached hydrogen (secondary N) is 1. The minimum absolute atomic E-state index is 0.0908. The van der Waals surface area contributed by atoms with E-state index in [4.69, 9.17) is 5.84 Å². The van der Waals surface area contributed by atoms with Crippen molar-refractivity contribution < 1.29 is 0 Å². The number of halogens is 1. The maximum Gasteiger partial charge on any atom is 0.0435 e. The summed E-state index contributed by atoms with van der Waals surface area (Å²) in [5, 5.41) is 0. The Balaban J connectivity index is 3.11. The molecule has 1 rings (SSSR count). The van der Waals surface area contributed by atoms with Crippen molar-refractivity contribution in [3.05, 3.63) is 34.3 Å². The summed E-state index contributed by atoms with van der Waals surface area (Å²) in [6, 6.07) is 8.64. The molecule has 1 unspecified atom stereocenters. The summed E-state index contributed by atoms with van der Waals surface area (Å²) in [7, 11) is 0. The first-order valence-corrected chi connectivity index (χ1v) is 8.83. The van der Waals surface area contributed by atoms with Gasteiger partial charge in [-0.15, -0.1) is 0 Å². The highest BCUT2D eigenvalue weighted by Gasteiger charge is 2.39. The van der Waals surface area contributed by atoms with Crippen molar-refractivity contribution in [3.63, 3.8) is 0 Å². The molecule has 0 saturated heterocycles. The third-order valence-corrected chi connectivity index (χ3v) is 5.62. The fraction of sp³-hybridized carbons (Fsp3) is 0.647. The number of hydrogen-bond acceptors (Lipinski definition) is 3. The Morgan fingerprint density at radius 3 is 2.14 bits per heavy atom. The summed E-state index contributed by atoms with van der Waals surface area (Å²) in [5.41, 5.74) is 4.50. The summed E-state index contributed by atoms with van der Waals surface area (Å²) in [6.07, 6.45) is 3.10.